The van der Waals surface area contributed by atoms with E-state index in [-0.39, 0.29) is 18.2 Å². The topological polar surface area (TPSA) is 85.6 Å². The molecule has 8 heteroatoms. The molecule has 1 fully saturated rings. The second kappa shape index (κ2) is 11.6. The molecule has 176 valence electrons. The fourth-order valence-corrected chi connectivity index (χ4v) is 3.85. The van der Waals surface area contributed by atoms with Gasteiger partial charge in [0, 0.05) is 56.1 Å². The van der Waals surface area contributed by atoms with E-state index < -0.39 is 0 Å². The molecule has 1 aliphatic heterocycles. The van der Waals surface area contributed by atoms with Crippen LogP contribution in [0.25, 0.3) is 0 Å². The van der Waals surface area contributed by atoms with Gasteiger partial charge in [-0.1, -0.05) is 13.8 Å². The Bertz CT molecular complexity index is 962. The highest BCUT2D eigenvalue weighted by molar-refractivity contribution is 5.94. The number of nitriles is 1. The molecule has 0 unspecified atom stereocenters. The molecule has 0 radical (unpaired) electrons. The Morgan fingerprint density at radius 2 is 1.88 bits per heavy atom. The first-order chi connectivity index (χ1) is 15.9. The summed E-state index contributed by atoms with van der Waals surface area (Å²) in [6.45, 7) is 12.6. The van der Waals surface area contributed by atoms with Crippen LogP contribution >= 0.6 is 0 Å². The van der Waals surface area contributed by atoms with E-state index >= 15 is 0 Å². The third-order valence-corrected chi connectivity index (χ3v) is 5.64. The summed E-state index contributed by atoms with van der Waals surface area (Å²) in [7, 11) is 0. The van der Waals surface area contributed by atoms with Gasteiger partial charge in [0.25, 0.3) is 0 Å². The molecule has 3 rings (SSSR count). The van der Waals surface area contributed by atoms with Gasteiger partial charge in [0.15, 0.2) is 0 Å². The van der Waals surface area contributed by atoms with Crippen LogP contribution in [-0.2, 0) is 4.79 Å². The maximum atomic E-state index is 13.2. The first-order valence-corrected chi connectivity index (χ1v) is 11.6. The zero-order chi connectivity index (χ0) is 23.8. The molecule has 2 aromatic rings. The summed E-state index contributed by atoms with van der Waals surface area (Å²) in [5, 5.41) is 9.06. The van der Waals surface area contributed by atoms with E-state index in [4.69, 9.17) is 15.0 Å². The summed E-state index contributed by atoms with van der Waals surface area (Å²) in [5.74, 6) is 2.88. The third-order valence-electron chi connectivity index (χ3n) is 5.64. The summed E-state index contributed by atoms with van der Waals surface area (Å²) >= 11 is 0. The van der Waals surface area contributed by atoms with E-state index in [2.05, 4.69) is 34.7 Å². The summed E-state index contributed by atoms with van der Waals surface area (Å²) in [5.41, 5.74) is 1.76. The monoisotopic (exact) mass is 450 g/mol. The van der Waals surface area contributed by atoms with Crippen LogP contribution in [0.2, 0.25) is 0 Å². The molecule has 1 saturated heterocycles. The Morgan fingerprint density at radius 3 is 2.48 bits per heavy atom. The molecule has 1 aromatic carbocycles. The van der Waals surface area contributed by atoms with Crippen molar-refractivity contribution in [3.05, 3.63) is 41.9 Å². The summed E-state index contributed by atoms with van der Waals surface area (Å²) in [6.07, 6.45) is 0.290. The van der Waals surface area contributed by atoms with Crippen molar-refractivity contribution >= 4 is 17.4 Å². The van der Waals surface area contributed by atoms with E-state index in [1.807, 2.05) is 44.2 Å². The maximum Gasteiger partial charge on any atom is 0.241 e. The van der Waals surface area contributed by atoms with Gasteiger partial charge in [0.1, 0.15) is 17.4 Å². The number of aromatic nitrogens is 2. The van der Waals surface area contributed by atoms with E-state index in [1.165, 1.54) is 0 Å². The van der Waals surface area contributed by atoms with Crippen LogP contribution in [0.3, 0.4) is 0 Å². The van der Waals surface area contributed by atoms with E-state index in [9.17, 15) is 4.79 Å². The Kier molecular flexibility index (Phi) is 8.61. The van der Waals surface area contributed by atoms with Crippen molar-refractivity contribution in [3.8, 4) is 11.8 Å². The number of carbonyl (C=O) groups excluding carboxylic acids is 1. The average molecular weight is 451 g/mol. The fraction of sp³-hybridized carbons (Fsp3) is 0.520. The number of hydrogen-bond acceptors (Lipinski definition) is 7. The maximum absolute atomic E-state index is 13.2. The Balaban J connectivity index is 1.62. The molecule has 33 heavy (non-hydrogen) atoms. The largest absolute Gasteiger partial charge is 0.494 e. The van der Waals surface area contributed by atoms with Gasteiger partial charge >= 0.3 is 0 Å². The highest BCUT2D eigenvalue weighted by Crippen LogP contribution is 2.21. The quantitative estimate of drug-likeness (QED) is 0.579. The molecular weight excluding hydrogens is 416 g/mol. The van der Waals surface area contributed by atoms with Crippen molar-refractivity contribution in [2.45, 2.75) is 40.0 Å². The summed E-state index contributed by atoms with van der Waals surface area (Å²) in [6, 6.07) is 11.7. The van der Waals surface area contributed by atoms with Crippen molar-refractivity contribution < 1.29 is 9.53 Å². The van der Waals surface area contributed by atoms with Gasteiger partial charge in [-0.15, -0.1) is 0 Å². The first kappa shape index (κ1) is 24.5. The van der Waals surface area contributed by atoms with Crippen LogP contribution in [0.1, 0.15) is 44.6 Å². The molecule has 0 N–H and O–H groups in total. The molecule has 0 atom stereocenters. The summed E-state index contributed by atoms with van der Waals surface area (Å²) in [4.78, 5) is 28.6. The lowest BCUT2D eigenvalue weighted by atomic mass is 10.2. The zero-order valence-corrected chi connectivity index (χ0v) is 20.1. The Morgan fingerprint density at radius 1 is 1.18 bits per heavy atom. The van der Waals surface area contributed by atoms with Crippen LogP contribution in [-0.4, -0.2) is 66.7 Å². The molecule has 0 bridgehead atoms. The molecule has 0 saturated carbocycles. The van der Waals surface area contributed by atoms with Crippen LogP contribution < -0.4 is 14.5 Å². The lowest BCUT2D eigenvalue weighted by Gasteiger charge is -2.36. The van der Waals surface area contributed by atoms with Crippen LogP contribution in [0.15, 0.2) is 30.3 Å². The van der Waals surface area contributed by atoms with Crippen molar-refractivity contribution in [3.63, 3.8) is 0 Å². The molecule has 0 aliphatic carbocycles. The number of nitrogens with zero attached hydrogens (tertiary/aromatic N) is 6. The number of aryl methyl sites for hydroxylation is 1. The Hall–Kier alpha value is -3.18. The average Bonchev–Trinajstić information content (AvgIpc) is 2.80. The van der Waals surface area contributed by atoms with E-state index in [1.54, 1.807) is 4.90 Å². The van der Waals surface area contributed by atoms with Gasteiger partial charge in [-0.05, 0) is 38.1 Å². The van der Waals surface area contributed by atoms with Crippen molar-refractivity contribution in [1.29, 1.82) is 5.26 Å². The zero-order valence-electron chi connectivity index (χ0n) is 20.1. The van der Waals surface area contributed by atoms with Crippen molar-refractivity contribution in [2.24, 2.45) is 0 Å². The van der Waals surface area contributed by atoms with Crippen molar-refractivity contribution in [2.75, 3.05) is 55.7 Å². The van der Waals surface area contributed by atoms with Gasteiger partial charge in [0.05, 0.1) is 25.6 Å². The van der Waals surface area contributed by atoms with Gasteiger partial charge in [-0.2, -0.15) is 5.26 Å². The van der Waals surface area contributed by atoms with Crippen LogP contribution in [0.4, 0.5) is 11.5 Å². The second-order valence-electron chi connectivity index (χ2n) is 8.52. The number of benzene rings is 1. The first-order valence-electron chi connectivity index (χ1n) is 11.6. The molecular formula is C25H34N6O2. The van der Waals surface area contributed by atoms with Gasteiger partial charge in [0.2, 0.25) is 5.91 Å². The van der Waals surface area contributed by atoms with Gasteiger partial charge in [-0.25, -0.2) is 9.97 Å². The Labute approximate surface area is 196 Å². The third kappa shape index (κ3) is 6.65. The number of anilines is 2. The molecule has 8 nitrogen and oxygen atoms in total. The number of ether oxygens (including phenoxy) is 1. The van der Waals surface area contributed by atoms with Gasteiger partial charge < -0.3 is 14.5 Å². The standard InChI is InChI=1S/C25H34N6O2/c1-5-33-22-9-7-21(8-10-22)31(12-6-11-26)24(32)18-29-13-15-30(16-14-29)23-17-20(4)27-25(28-23)19(2)3/h7-10,17,19H,5-6,12-16,18H2,1-4H3. The fourth-order valence-electron chi connectivity index (χ4n) is 3.85. The number of amides is 1. The SMILES string of the molecule is CCOc1ccc(N(CCC#N)C(=O)CN2CCN(c3cc(C)nc(C(C)C)n3)CC2)cc1. The minimum Gasteiger partial charge on any atom is -0.494 e. The lowest BCUT2D eigenvalue weighted by molar-refractivity contribution is -0.119. The minimum atomic E-state index is 0.00262. The number of piperazine rings is 1. The van der Waals surface area contributed by atoms with E-state index in [0.29, 0.717) is 19.7 Å². The minimum absolute atomic E-state index is 0.00262. The predicted octanol–water partition coefficient (Wildman–Crippen LogP) is 3.38. The lowest BCUT2D eigenvalue weighted by Crippen LogP contribution is -2.50. The summed E-state index contributed by atoms with van der Waals surface area (Å²) < 4.78 is 5.50. The molecule has 0 spiro atoms. The number of hydrogen-bond donors (Lipinski definition) is 0. The van der Waals surface area contributed by atoms with E-state index in [0.717, 1.165) is 55.0 Å². The van der Waals surface area contributed by atoms with Gasteiger partial charge in [-0.3, -0.25) is 9.69 Å². The molecule has 2 heterocycles. The van der Waals surface area contributed by atoms with Crippen molar-refractivity contribution in [1.82, 2.24) is 14.9 Å². The molecule has 1 aliphatic rings. The molecule has 1 aromatic heterocycles. The predicted molar refractivity (Wildman–Crippen MR) is 130 cm³/mol. The smallest absolute Gasteiger partial charge is 0.241 e. The molecule has 1 amide bonds. The second-order valence-corrected chi connectivity index (χ2v) is 8.52. The normalized spacial score (nSPS) is 14.2. The van der Waals surface area contributed by atoms with Crippen LogP contribution in [0, 0.1) is 18.3 Å². The highest BCUT2D eigenvalue weighted by atomic mass is 16.5. The highest BCUT2D eigenvalue weighted by Gasteiger charge is 2.24. The van der Waals surface area contributed by atoms with Crippen LogP contribution in [0.5, 0.6) is 5.75 Å². The number of carbonyl (C=O) groups is 1. The number of rotatable bonds is 9.